The van der Waals surface area contributed by atoms with Gasteiger partial charge in [-0.05, 0) is 0 Å². The minimum atomic E-state index is -3.22. The van der Waals surface area contributed by atoms with E-state index in [4.69, 9.17) is 11.6 Å². The van der Waals surface area contributed by atoms with Gasteiger partial charge in [0.2, 0.25) is 0 Å². The summed E-state index contributed by atoms with van der Waals surface area (Å²) in [4.78, 5) is 0. The number of hydrogen-bond donors (Lipinski definition) is 1. The summed E-state index contributed by atoms with van der Waals surface area (Å²) in [5.41, 5.74) is -0.0748. The van der Waals surface area contributed by atoms with Crippen molar-refractivity contribution in [3.05, 3.63) is 16.9 Å². The number of aliphatic hydroxyl groups is 1. The van der Waals surface area contributed by atoms with Gasteiger partial charge in [-0.2, -0.15) is 5.10 Å². The lowest BCUT2D eigenvalue weighted by Gasteiger charge is -2.18. The first-order valence-electron chi connectivity index (χ1n) is 3.57. The SMILES string of the molecule is Cn1ncc(Cl)c1C(O)C(C)(F)F. The van der Waals surface area contributed by atoms with Crippen molar-refractivity contribution in [3.63, 3.8) is 0 Å². The van der Waals surface area contributed by atoms with E-state index in [1.165, 1.54) is 13.2 Å². The zero-order valence-corrected chi connectivity index (χ0v) is 7.89. The van der Waals surface area contributed by atoms with Gasteiger partial charge in [0.05, 0.1) is 16.9 Å². The Morgan fingerprint density at radius 1 is 1.69 bits per heavy atom. The molecule has 0 aliphatic rings. The van der Waals surface area contributed by atoms with Gasteiger partial charge in [-0.1, -0.05) is 11.6 Å². The molecule has 0 aliphatic carbocycles. The maximum atomic E-state index is 12.7. The smallest absolute Gasteiger partial charge is 0.276 e. The Balaban J connectivity index is 3.08. The van der Waals surface area contributed by atoms with Crippen LogP contribution in [0.4, 0.5) is 8.78 Å². The van der Waals surface area contributed by atoms with E-state index in [1.54, 1.807) is 0 Å². The Morgan fingerprint density at radius 3 is 2.54 bits per heavy atom. The number of halogens is 3. The predicted octanol–water partition coefficient (Wildman–Crippen LogP) is 1.76. The zero-order chi connectivity index (χ0) is 10.2. The molecule has 1 atom stereocenters. The van der Waals surface area contributed by atoms with Crippen LogP contribution in [0.2, 0.25) is 5.02 Å². The summed E-state index contributed by atoms with van der Waals surface area (Å²) >= 11 is 5.57. The van der Waals surface area contributed by atoms with Crippen LogP contribution in [-0.2, 0) is 7.05 Å². The highest BCUT2D eigenvalue weighted by molar-refractivity contribution is 6.31. The van der Waals surface area contributed by atoms with Crippen molar-refractivity contribution in [1.82, 2.24) is 9.78 Å². The lowest BCUT2D eigenvalue weighted by Crippen LogP contribution is -2.24. The highest BCUT2D eigenvalue weighted by atomic mass is 35.5. The van der Waals surface area contributed by atoms with E-state index < -0.39 is 12.0 Å². The fraction of sp³-hybridized carbons (Fsp3) is 0.571. The molecule has 6 heteroatoms. The number of aromatic nitrogens is 2. The second-order valence-electron chi connectivity index (χ2n) is 2.86. The second kappa shape index (κ2) is 3.23. The Bertz CT molecular complexity index is 288. The third-order valence-corrected chi connectivity index (χ3v) is 1.97. The van der Waals surface area contributed by atoms with Crippen LogP contribution in [0.25, 0.3) is 0 Å². The van der Waals surface area contributed by atoms with Crippen molar-refractivity contribution in [1.29, 1.82) is 0 Å². The Labute approximate surface area is 78.9 Å². The van der Waals surface area contributed by atoms with Gasteiger partial charge >= 0.3 is 0 Å². The number of alkyl halides is 2. The standard InChI is InChI=1S/C7H9ClF2N2O/c1-7(9,10)6(13)5-4(8)3-11-12(5)2/h3,6,13H,1-2H3. The van der Waals surface area contributed by atoms with E-state index in [1.807, 2.05) is 0 Å². The van der Waals surface area contributed by atoms with Gasteiger partial charge in [0.15, 0.2) is 6.10 Å². The van der Waals surface area contributed by atoms with Gasteiger partial charge in [0.25, 0.3) is 5.92 Å². The summed E-state index contributed by atoms with van der Waals surface area (Å²) in [5.74, 6) is -3.22. The lowest BCUT2D eigenvalue weighted by molar-refractivity contribution is -0.0985. The molecule has 0 spiro atoms. The maximum Gasteiger partial charge on any atom is 0.276 e. The number of aryl methyl sites for hydroxylation is 1. The van der Waals surface area contributed by atoms with Gasteiger partial charge < -0.3 is 5.11 Å². The molecule has 0 fully saturated rings. The molecule has 1 heterocycles. The van der Waals surface area contributed by atoms with Gasteiger partial charge in [0, 0.05) is 14.0 Å². The lowest BCUT2D eigenvalue weighted by atomic mass is 10.1. The number of hydrogen-bond acceptors (Lipinski definition) is 2. The molecule has 3 nitrogen and oxygen atoms in total. The Hall–Kier alpha value is -0.680. The fourth-order valence-electron chi connectivity index (χ4n) is 0.968. The molecule has 74 valence electrons. The Kier molecular flexibility index (Phi) is 2.58. The number of rotatable bonds is 2. The van der Waals surface area contributed by atoms with E-state index in [-0.39, 0.29) is 10.7 Å². The highest BCUT2D eigenvalue weighted by Crippen LogP contribution is 2.33. The van der Waals surface area contributed by atoms with E-state index in [0.29, 0.717) is 6.92 Å². The van der Waals surface area contributed by atoms with Crippen molar-refractivity contribution < 1.29 is 13.9 Å². The minimum absolute atomic E-state index is 0.0384. The summed E-state index contributed by atoms with van der Waals surface area (Å²) in [6, 6.07) is 0. The van der Waals surface area contributed by atoms with E-state index in [9.17, 15) is 13.9 Å². The van der Waals surface area contributed by atoms with Crippen LogP contribution < -0.4 is 0 Å². The highest BCUT2D eigenvalue weighted by Gasteiger charge is 2.37. The van der Waals surface area contributed by atoms with Gasteiger partial charge in [0.1, 0.15) is 0 Å². The molecule has 1 N–H and O–H groups in total. The molecule has 1 unspecified atom stereocenters. The summed E-state index contributed by atoms with van der Waals surface area (Å²) < 4.78 is 26.5. The van der Waals surface area contributed by atoms with Crippen LogP contribution in [0.1, 0.15) is 18.7 Å². The number of aliphatic hydroxyl groups excluding tert-OH is 1. The molecule has 0 aromatic carbocycles. The number of nitrogens with zero attached hydrogens (tertiary/aromatic N) is 2. The summed E-state index contributed by atoms with van der Waals surface area (Å²) in [6.45, 7) is 0.626. The quantitative estimate of drug-likeness (QED) is 0.808. The first-order chi connectivity index (χ1) is 5.84. The molecule has 0 amide bonds. The van der Waals surface area contributed by atoms with Crippen LogP contribution >= 0.6 is 11.6 Å². The summed E-state index contributed by atoms with van der Waals surface area (Å²) in [6.07, 6.45) is -0.709. The Morgan fingerprint density at radius 2 is 2.23 bits per heavy atom. The topological polar surface area (TPSA) is 38.0 Å². The van der Waals surface area contributed by atoms with Crippen LogP contribution in [0.15, 0.2) is 6.20 Å². The molecule has 1 rings (SSSR count). The molecule has 1 aromatic heterocycles. The molecular formula is C7H9ClF2N2O. The van der Waals surface area contributed by atoms with Crippen molar-refractivity contribution >= 4 is 11.6 Å². The van der Waals surface area contributed by atoms with Crippen molar-refractivity contribution in [2.75, 3.05) is 0 Å². The first kappa shape index (κ1) is 10.4. The first-order valence-corrected chi connectivity index (χ1v) is 3.95. The van der Waals surface area contributed by atoms with Crippen molar-refractivity contribution in [2.45, 2.75) is 19.0 Å². The average Bonchev–Trinajstić information content (AvgIpc) is 2.28. The van der Waals surface area contributed by atoms with Crippen molar-refractivity contribution in [2.24, 2.45) is 7.05 Å². The second-order valence-corrected chi connectivity index (χ2v) is 3.27. The normalized spacial score (nSPS) is 14.6. The van der Waals surface area contributed by atoms with E-state index in [0.717, 1.165) is 4.68 Å². The molecule has 1 aromatic rings. The van der Waals surface area contributed by atoms with Crippen LogP contribution in [0.3, 0.4) is 0 Å². The van der Waals surface area contributed by atoms with Crippen LogP contribution in [0.5, 0.6) is 0 Å². The molecule has 0 radical (unpaired) electrons. The largest absolute Gasteiger partial charge is 0.380 e. The van der Waals surface area contributed by atoms with Gasteiger partial charge in [-0.3, -0.25) is 4.68 Å². The average molecular weight is 211 g/mol. The van der Waals surface area contributed by atoms with Crippen LogP contribution in [0, 0.1) is 0 Å². The predicted molar refractivity (Wildman–Crippen MR) is 43.8 cm³/mol. The van der Waals surface area contributed by atoms with Crippen LogP contribution in [-0.4, -0.2) is 20.8 Å². The third kappa shape index (κ3) is 1.97. The minimum Gasteiger partial charge on any atom is -0.380 e. The molecular weight excluding hydrogens is 202 g/mol. The third-order valence-electron chi connectivity index (χ3n) is 1.68. The van der Waals surface area contributed by atoms with Gasteiger partial charge in [-0.25, -0.2) is 8.78 Å². The molecule has 0 saturated carbocycles. The van der Waals surface area contributed by atoms with E-state index >= 15 is 0 Å². The fourth-order valence-corrected chi connectivity index (χ4v) is 1.24. The van der Waals surface area contributed by atoms with E-state index in [2.05, 4.69) is 5.10 Å². The maximum absolute atomic E-state index is 12.7. The molecule has 0 saturated heterocycles. The molecule has 0 aliphatic heterocycles. The summed E-state index contributed by atoms with van der Waals surface area (Å²) in [7, 11) is 1.44. The monoisotopic (exact) mass is 210 g/mol. The molecule has 0 bridgehead atoms. The van der Waals surface area contributed by atoms with Crippen molar-refractivity contribution in [3.8, 4) is 0 Å². The zero-order valence-electron chi connectivity index (χ0n) is 7.13. The summed E-state index contributed by atoms with van der Waals surface area (Å²) in [5, 5.41) is 12.9. The molecule has 13 heavy (non-hydrogen) atoms. The van der Waals surface area contributed by atoms with Gasteiger partial charge in [-0.15, -0.1) is 0 Å².